The van der Waals surface area contributed by atoms with E-state index in [1.54, 1.807) is 0 Å². The molecule has 0 bridgehead atoms. The molecule has 1 N–H and O–H groups in total. The van der Waals surface area contributed by atoms with Gasteiger partial charge in [0.25, 0.3) is 0 Å². The number of nitrogens with zero attached hydrogens (tertiary/aromatic N) is 1. The lowest BCUT2D eigenvalue weighted by Crippen LogP contribution is -1.94. The lowest BCUT2D eigenvalue weighted by atomic mass is 10.6. The van der Waals surface area contributed by atoms with Crippen LogP contribution < -0.4 is 0 Å². The van der Waals surface area contributed by atoms with E-state index >= 15 is 0 Å². The van der Waals surface area contributed by atoms with Gasteiger partial charge in [-0.1, -0.05) is 0 Å². The average molecular weight is 99.1 g/mol. The summed E-state index contributed by atoms with van der Waals surface area (Å²) in [5.74, 6) is 0.0752. The molecular formula is C4H5NO2. The summed E-state index contributed by atoms with van der Waals surface area (Å²) in [6.45, 7) is 0.323. The number of aliphatic hydroxyl groups excluding tert-OH is 1. The Morgan fingerprint density at radius 1 is 1.86 bits per heavy atom. The average Bonchev–Trinajstić information content (AvgIpc) is 1.69. The van der Waals surface area contributed by atoms with Gasteiger partial charge in [-0.15, -0.1) is 0 Å². The molecular weight excluding hydrogens is 94.0 g/mol. The minimum Gasteiger partial charge on any atom is -0.504 e. The number of allylic oxidation sites excluding steroid dienone is 1. The Bertz CT molecular complexity index is 117. The number of aliphatic imine (C=N–C) groups is 1. The second-order valence-corrected chi connectivity index (χ2v) is 1.15. The minimum absolute atomic E-state index is 0.0752. The quantitative estimate of drug-likeness (QED) is 0.479. The highest BCUT2D eigenvalue weighted by Crippen LogP contribution is 1.91. The third-order valence-corrected chi connectivity index (χ3v) is 0.577. The fourth-order valence-corrected chi connectivity index (χ4v) is 0.327. The van der Waals surface area contributed by atoms with E-state index in [9.17, 15) is 0 Å². The highest BCUT2D eigenvalue weighted by molar-refractivity contribution is 5.75. The van der Waals surface area contributed by atoms with Crippen molar-refractivity contribution < 1.29 is 9.84 Å². The number of rotatable bonds is 0. The Hall–Kier alpha value is -0.990. The molecule has 0 saturated heterocycles. The predicted molar refractivity (Wildman–Crippen MR) is 25.2 cm³/mol. The fraction of sp³-hybridized carbons (Fsp3) is 0.250. The first kappa shape index (κ1) is 4.18. The molecule has 0 unspecified atom stereocenters. The number of hydrogen-bond acceptors (Lipinski definition) is 3. The standard InChI is InChI=1S/C4H5NO2/c6-4-1-5-3-7-2-4/h1-2,6H,3H2. The van der Waals surface area contributed by atoms with Gasteiger partial charge in [-0.05, 0) is 0 Å². The molecule has 1 heterocycles. The number of ether oxygens (including phenoxy) is 1. The van der Waals surface area contributed by atoms with E-state index in [4.69, 9.17) is 5.11 Å². The van der Waals surface area contributed by atoms with E-state index in [1.165, 1.54) is 12.5 Å². The topological polar surface area (TPSA) is 41.8 Å². The van der Waals surface area contributed by atoms with Crippen molar-refractivity contribution in [3.05, 3.63) is 12.0 Å². The van der Waals surface area contributed by atoms with Gasteiger partial charge in [0.1, 0.15) is 6.26 Å². The van der Waals surface area contributed by atoms with Gasteiger partial charge in [0.15, 0.2) is 12.5 Å². The first-order valence-corrected chi connectivity index (χ1v) is 1.90. The van der Waals surface area contributed by atoms with Crippen LogP contribution in [0.5, 0.6) is 0 Å². The molecule has 1 rings (SSSR count). The zero-order valence-corrected chi connectivity index (χ0v) is 3.66. The zero-order valence-electron chi connectivity index (χ0n) is 3.66. The summed E-state index contributed by atoms with van der Waals surface area (Å²) in [5, 5.41) is 8.50. The van der Waals surface area contributed by atoms with Crippen LogP contribution >= 0.6 is 0 Å². The Morgan fingerprint density at radius 2 is 2.71 bits per heavy atom. The van der Waals surface area contributed by atoms with Gasteiger partial charge < -0.3 is 9.84 Å². The first-order chi connectivity index (χ1) is 3.39. The van der Waals surface area contributed by atoms with Gasteiger partial charge in [0, 0.05) is 0 Å². The second-order valence-electron chi connectivity index (χ2n) is 1.15. The maximum absolute atomic E-state index is 8.50. The predicted octanol–water partition coefficient (Wildman–Crippen LogP) is 0.444. The normalized spacial score (nSPS) is 18.0. The SMILES string of the molecule is OC1=COCN=C1. The lowest BCUT2D eigenvalue weighted by Gasteiger charge is -1.99. The van der Waals surface area contributed by atoms with Gasteiger partial charge in [0.05, 0.1) is 6.21 Å². The van der Waals surface area contributed by atoms with Crippen LogP contribution in [0.1, 0.15) is 0 Å². The molecule has 0 atom stereocenters. The van der Waals surface area contributed by atoms with Crippen molar-refractivity contribution in [2.45, 2.75) is 0 Å². The van der Waals surface area contributed by atoms with Crippen LogP contribution in [0.2, 0.25) is 0 Å². The summed E-state index contributed by atoms with van der Waals surface area (Å²) < 4.78 is 4.57. The van der Waals surface area contributed by atoms with Crippen molar-refractivity contribution in [3.8, 4) is 0 Å². The molecule has 0 spiro atoms. The van der Waals surface area contributed by atoms with E-state index in [0.717, 1.165) is 0 Å². The Morgan fingerprint density at radius 3 is 3.00 bits per heavy atom. The molecule has 1 aliphatic heterocycles. The zero-order chi connectivity index (χ0) is 5.11. The molecule has 0 aromatic heterocycles. The molecule has 1 aliphatic rings. The summed E-state index contributed by atoms with van der Waals surface area (Å²) in [4.78, 5) is 3.59. The number of aliphatic hydroxyl groups is 1. The van der Waals surface area contributed by atoms with E-state index < -0.39 is 0 Å². The van der Waals surface area contributed by atoms with Crippen molar-refractivity contribution >= 4 is 6.21 Å². The Labute approximate surface area is 40.9 Å². The molecule has 3 nitrogen and oxygen atoms in total. The van der Waals surface area contributed by atoms with Gasteiger partial charge in [-0.25, -0.2) is 4.99 Å². The summed E-state index contributed by atoms with van der Waals surface area (Å²) in [7, 11) is 0. The van der Waals surface area contributed by atoms with Crippen LogP contribution in [0.4, 0.5) is 0 Å². The van der Waals surface area contributed by atoms with Crippen molar-refractivity contribution in [2.24, 2.45) is 4.99 Å². The van der Waals surface area contributed by atoms with E-state index in [2.05, 4.69) is 9.73 Å². The molecule has 0 radical (unpaired) electrons. The third-order valence-electron chi connectivity index (χ3n) is 0.577. The van der Waals surface area contributed by atoms with Gasteiger partial charge in [0.2, 0.25) is 0 Å². The summed E-state index contributed by atoms with van der Waals surface area (Å²) in [5.41, 5.74) is 0. The third kappa shape index (κ3) is 0.924. The largest absolute Gasteiger partial charge is 0.504 e. The van der Waals surface area contributed by atoms with Gasteiger partial charge in [-0.3, -0.25) is 0 Å². The smallest absolute Gasteiger partial charge is 0.178 e. The van der Waals surface area contributed by atoms with Crippen LogP contribution in [0.15, 0.2) is 17.0 Å². The Kier molecular flexibility index (Phi) is 0.978. The molecule has 0 fully saturated rings. The first-order valence-electron chi connectivity index (χ1n) is 1.90. The molecule has 0 aliphatic carbocycles. The van der Waals surface area contributed by atoms with Crippen LogP contribution in [-0.4, -0.2) is 18.1 Å². The van der Waals surface area contributed by atoms with Crippen molar-refractivity contribution in [2.75, 3.05) is 6.73 Å². The Balaban J connectivity index is 2.58. The summed E-state index contributed by atoms with van der Waals surface area (Å²) >= 11 is 0. The summed E-state index contributed by atoms with van der Waals surface area (Å²) in [6, 6.07) is 0. The van der Waals surface area contributed by atoms with Crippen molar-refractivity contribution in [3.63, 3.8) is 0 Å². The monoisotopic (exact) mass is 99.0 g/mol. The molecule has 7 heavy (non-hydrogen) atoms. The van der Waals surface area contributed by atoms with Gasteiger partial charge in [-0.2, -0.15) is 0 Å². The fourth-order valence-electron chi connectivity index (χ4n) is 0.327. The molecule has 0 aromatic carbocycles. The highest BCUT2D eigenvalue weighted by Gasteiger charge is 1.89. The maximum Gasteiger partial charge on any atom is 0.178 e. The van der Waals surface area contributed by atoms with Crippen LogP contribution in [0.3, 0.4) is 0 Å². The molecule has 0 saturated carbocycles. The summed E-state index contributed by atoms with van der Waals surface area (Å²) in [6.07, 6.45) is 2.61. The molecule has 0 amide bonds. The van der Waals surface area contributed by atoms with Crippen molar-refractivity contribution in [1.29, 1.82) is 0 Å². The molecule has 0 aromatic rings. The van der Waals surface area contributed by atoms with Gasteiger partial charge >= 0.3 is 0 Å². The van der Waals surface area contributed by atoms with E-state index in [1.807, 2.05) is 0 Å². The maximum atomic E-state index is 8.50. The van der Waals surface area contributed by atoms with Crippen LogP contribution in [-0.2, 0) is 4.74 Å². The van der Waals surface area contributed by atoms with Crippen LogP contribution in [0, 0.1) is 0 Å². The number of hydrogen-bond donors (Lipinski definition) is 1. The second kappa shape index (κ2) is 1.64. The van der Waals surface area contributed by atoms with E-state index in [-0.39, 0.29) is 5.76 Å². The van der Waals surface area contributed by atoms with E-state index in [0.29, 0.717) is 6.73 Å². The van der Waals surface area contributed by atoms with Crippen molar-refractivity contribution in [1.82, 2.24) is 0 Å². The molecule has 38 valence electrons. The van der Waals surface area contributed by atoms with Crippen LogP contribution in [0.25, 0.3) is 0 Å². The minimum atomic E-state index is 0.0752. The molecule has 3 heteroatoms. The lowest BCUT2D eigenvalue weighted by molar-refractivity contribution is 0.237. The highest BCUT2D eigenvalue weighted by atomic mass is 16.5.